The number of thiophene rings is 1. The van der Waals surface area contributed by atoms with E-state index in [1.54, 1.807) is 6.92 Å². The summed E-state index contributed by atoms with van der Waals surface area (Å²) in [6.07, 6.45) is 0.977. The van der Waals surface area contributed by atoms with Crippen molar-refractivity contribution < 1.29 is 14.3 Å². The molecule has 0 fully saturated rings. The number of hydrogen-bond acceptors (Lipinski definition) is 9. The molecular formula is C24H29N5O3S2. The number of carbonyl (C=O) groups is 1. The first-order valence-corrected chi connectivity index (χ1v) is 12.9. The zero-order chi connectivity index (χ0) is 24.7. The Bertz CT molecular complexity index is 1160. The molecule has 0 radical (unpaired) electrons. The van der Waals surface area contributed by atoms with Crippen molar-refractivity contribution in [2.24, 2.45) is 5.92 Å². The summed E-state index contributed by atoms with van der Waals surface area (Å²) in [5, 5.41) is 19.3. The molecule has 2 aromatic heterocycles. The molecule has 0 aliphatic carbocycles. The third-order valence-corrected chi connectivity index (χ3v) is 7.03. The molecule has 8 nitrogen and oxygen atoms in total. The van der Waals surface area contributed by atoms with E-state index >= 15 is 0 Å². The highest BCUT2D eigenvalue weighted by Gasteiger charge is 2.24. The maximum Gasteiger partial charge on any atom is 0.348 e. The number of nitrogens with two attached hydrogens (primary N) is 1. The smallest absolute Gasteiger partial charge is 0.348 e. The number of nitriles is 1. The summed E-state index contributed by atoms with van der Waals surface area (Å²) in [4.78, 5) is 12.8. The van der Waals surface area contributed by atoms with Gasteiger partial charge in [-0.25, -0.2) is 4.79 Å². The number of carbonyl (C=O) groups excluding carboxylic acids is 1. The summed E-state index contributed by atoms with van der Waals surface area (Å²) in [7, 11) is 0. The van der Waals surface area contributed by atoms with E-state index in [1.807, 2.05) is 16.7 Å². The van der Waals surface area contributed by atoms with E-state index in [0.717, 1.165) is 23.5 Å². The minimum Gasteiger partial charge on any atom is -0.486 e. The standard InChI is InChI=1S/C24H29N5O3S2/c1-5-16-7-9-17(10-8-16)32-13-20-27-28-24(29(20)12-15(3)4)33-14-19-18(11-25)22(26)34-21(19)23(30)31-6-2/h7-10,15H,5-6,12-14,26H2,1-4H3. The number of aryl methyl sites for hydroxylation is 1. The molecule has 1 aromatic carbocycles. The van der Waals surface area contributed by atoms with Crippen molar-refractivity contribution in [1.82, 2.24) is 14.8 Å². The quantitative estimate of drug-likeness (QED) is 0.287. The Morgan fingerprint density at radius 1 is 1.26 bits per heavy atom. The Morgan fingerprint density at radius 2 is 2.00 bits per heavy atom. The molecule has 0 unspecified atom stereocenters. The largest absolute Gasteiger partial charge is 0.486 e. The predicted octanol–water partition coefficient (Wildman–Crippen LogP) is 5.06. The molecule has 0 atom stereocenters. The van der Waals surface area contributed by atoms with Crippen LogP contribution >= 0.6 is 23.1 Å². The van der Waals surface area contributed by atoms with Gasteiger partial charge in [0, 0.05) is 17.9 Å². The Balaban J connectivity index is 1.80. The highest BCUT2D eigenvalue weighted by atomic mass is 32.2. The highest BCUT2D eigenvalue weighted by molar-refractivity contribution is 7.98. The molecule has 2 N–H and O–H groups in total. The van der Waals surface area contributed by atoms with Gasteiger partial charge >= 0.3 is 5.97 Å². The van der Waals surface area contributed by atoms with Gasteiger partial charge in [-0.1, -0.05) is 44.7 Å². The molecule has 10 heteroatoms. The third-order valence-electron chi connectivity index (χ3n) is 4.99. The van der Waals surface area contributed by atoms with Crippen molar-refractivity contribution in [3.63, 3.8) is 0 Å². The average Bonchev–Trinajstić information content (AvgIpc) is 3.35. The van der Waals surface area contributed by atoms with Crippen LogP contribution in [0.1, 0.15) is 59.9 Å². The zero-order valence-corrected chi connectivity index (χ0v) is 21.5. The molecule has 0 saturated carbocycles. The van der Waals surface area contributed by atoms with E-state index in [1.165, 1.54) is 17.3 Å². The van der Waals surface area contributed by atoms with Crippen molar-refractivity contribution >= 4 is 34.1 Å². The van der Waals surface area contributed by atoms with E-state index in [-0.39, 0.29) is 13.2 Å². The number of ether oxygens (including phenoxy) is 2. The van der Waals surface area contributed by atoms with Crippen LogP contribution in [0.3, 0.4) is 0 Å². The molecule has 0 aliphatic rings. The van der Waals surface area contributed by atoms with E-state index in [4.69, 9.17) is 15.2 Å². The Hall–Kier alpha value is -3.03. The summed E-state index contributed by atoms with van der Waals surface area (Å²) in [6, 6.07) is 10.1. The van der Waals surface area contributed by atoms with E-state index in [0.29, 0.717) is 50.2 Å². The first kappa shape index (κ1) is 25.6. The summed E-state index contributed by atoms with van der Waals surface area (Å²) in [5.74, 6) is 1.73. The Morgan fingerprint density at radius 3 is 2.62 bits per heavy atom. The van der Waals surface area contributed by atoms with Gasteiger partial charge in [-0.2, -0.15) is 5.26 Å². The Kier molecular flexibility index (Phi) is 8.96. The second-order valence-corrected chi connectivity index (χ2v) is 9.95. The molecule has 3 rings (SSSR count). The fraction of sp³-hybridized carbons (Fsp3) is 0.417. The second kappa shape index (κ2) is 11.9. The Labute approximate surface area is 208 Å². The summed E-state index contributed by atoms with van der Waals surface area (Å²) in [5.41, 5.74) is 8.13. The van der Waals surface area contributed by atoms with E-state index in [9.17, 15) is 10.1 Å². The minimum absolute atomic E-state index is 0.248. The monoisotopic (exact) mass is 499 g/mol. The second-order valence-electron chi connectivity index (χ2n) is 7.96. The molecule has 180 valence electrons. The highest BCUT2D eigenvalue weighted by Crippen LogP contribution is 2.35. The number of anilines is 1. The van der Waals surface area contributed by atoms with Crippen LogP contribution in [0.15, 0.2) is 29.4 Å². The lowest BCUT2D eigenvalue weighted by atomic mass is 10.2. The average molecular weight is 500 g/mol. The molecule has 0 spiro atoms. The summed E-state index contributed by atoms with van der Waals surface area (Å²) < 4.78 is 13.1. The number of hydrogen-bond donors (Lipinski definition) is 1. The van der Waals surface area contributed by atoms with Crippen molar-refractivity contribution in [3.05, 3.63) is 51.7 Å². The van der Waals surface area contributed by atoms with Gasteiger partial charge in [0.05, 0.1) is 12.2 Å². The molecule has 0 amide bonds. The number of benzene rings is 1. The van der Waals surface area contributed by atoms with Crippen LogP contribution < -0.4 is 10.5 Å². The maximum absolute atomic E-state index is 12.4. The van der Waals surface area contributed by atoms with Gasteiger partial charge < -0.3 is 19.8 Å². The van der Waals surface area contributed by atoms with Gasteiger partial charge in [-0.05, 0) is 37.0 Å². The number of aromatic nitrogens is 3. The lowest BCUT2D eigenvalue weighted by Gasteiger charge is -2.13. The first-order valence-electron chi connectivity index (χ1n) is 11.1. The molecule has 0 saturated heterocycles. The van der Waals surface area contributed by atoms with Crippen LogP contribution in [0.5, 0.6) is 5.75 Å². The number of esters is 1. The predicted molar refractivity (Wildman–Crippen MR) is 134 cm³/mol. The lowest BCUT2D eigenvalue weighted by Crippen LogP contribution is -2.12. The number of thioether (sulfide) groups is 1. The lowest BCUT2D eigenvalue weighted by molar-refractivity contribution is 0.0531. The third kappa shape index (κ3) is 6.10. The van der Waals surface area contributed by atoms with Gasteiger partial charge in [0.25, 0.3) is 0 Å². The zero-order valence-electron chi connectivity index (χ0n) is 19.8. The summed E-state index contributed by atoms with van der Waals surface area (Å²) >= 11 is 2.49. The minimum atomic E-state index is -0.469. The molecule has 2 heterocycles. The fourth-order valence-corrected chi connectivity index (χ4v) is 5.31. The van der Waals surface area contributed by atoms with E-state index in [2.05, 4.69) is 49.2 Å². The SMILES string of the molecule is CCOC(=O)c1sc(N)c(C#N)c1CSc1nnc(COc2ccc(CC)cc2)n1CC(C)C. The van der Waals surface area contributed by atoms with Crippen LogP contribution in [0.25, 0.3) is 0 Å². The topological polar surface area (TPSA) is 116 Å². The van der Waals surface area contributed by atoms with Gasteiger partial charge in [0.15, 0.2) is 11.0 Å². The molecule has 0 bridgehead atoms. The van der Waals surface area contributed by atoms with Gasteiger partial charge in [-0.3, -0.25) is 0 Å². The van der Waals surface area contributed by atoms with Crippen LogP contribution in [0.4, 0.5) is 5.00 Å². The van der Waals surface area contributed by atoms with Gasteiger partial charge in [0.1, 0.15) is 28.3 Å². The molecule has 3 aromatic rings. The number of nitrogen functional groups attached to an aromatic ring is 1. The van der Waals surface area contributed by atoms with Gasteiger partial charge in [-0.15, -0.1) is 21.5 Å². The van der Waals surface area contributed by atoms with Crippen molar-refractivity contribution in [2.75, 3.05) is 12.3 Å². The van der Waals surface area contributed by atoms with Crippen LogP contribution in [-0.4, -0.2) is 27.3 Å². The number of nitrogens with zero attached hydrogens (tertiary/aromatic N) is 4. The van der Waals surface area contributed by atoms with Crippen LogP contribution in [-0.2, 0) is 30.1 Å². The van der Waals surface area contributed by atoms with Crippen molar-refractivity contribution in [2.45, 2.75) is 58.2 Å². The molecule has 34 heavy (non-hydrogen) atoms. The normalized spacial score (nSPS) is 10.9. The molecule has 0 aliphatic heterocycles. The van der Waals surface area contributed by atoms with Crippen molar-refractivity contribution in [1.29, 1.82) is 5.26 Å². The first-order chi connectivity index (χ1) is 16.4. The van der Waals surface area contributed by atoms with E-state index < -0.39 is 5.97 Å². The maximum atomic E-state index is 12.4. The van der Waals surface area contributed by atoms with Crippen LogP contribution in [0.2, 0.25) is 0 Å². The fourth-order valence-electron chi connectivity index (χ4n) is 3.29. The number of rotatable bonds is 11. The van der Waals surface area contributed by atoms with Crippen LogP contribution in [0, 0.1) is 17.2 Å². The summed E-state index contributed by atoms with van der Waals surface area (Å²) in [6.45, 7) is 9.34. The molecular weight excluding hydrogens is 470 g/mol. The van der Waals surface area contributed by atoms with Crippen molar-refractivity contribution in [3.8, 4) is 11.8 Å². The van der Waals surface area contributed by atoms with Gasteiger partial charge in [0.2, 0.25) is 0 Å².